The molecule has 0 unspecified atom stereocenters. The molecule has 7 aromatic rings. The lowest BCUT2D eigenvalue weighted by molar-refractivity contribution is 1.06. The van der Waals surface area contributed by atoms with Gasteiger partial charge in [-0.15, -0.1) is 0 Å². The summed E-state index contributed by atoms with van der Waals surface area (Å²) in [5.74, 6) is 1.51. The van der Waals surface area contributed by atoms with E-state index in [1.54, 1.807) is 0 Å². The third-order valence-electron chi connectivity index (χ3n) is 7.66. The van der Waals surface area contributed by atoms with Crippen molar-refractivity contribution >= 4 is 0 Å². The smallest absolute Gasteiger partial charge is 0.126 e. The minimum absolute atomic E-state index is 0.753. The molecule has 0 fully saturated rings. The number of hydrogen-bond donors (Lipinski definition) is 0. The van der Waals surface area contributed by atoms with Crippen molar-refractivity contribution in [1.29, 1.82) is 0 Å². The fraction of sp³-hybridized carbons (Fsp3) is 0.0500. The molecule has 2 aromatic heterocycles. The van der Waals surface area contributed by atoms with Crippen LogP contribution in [0.15, 0.2) is 146 Å². The minimum Gasteiger partial charge on any atom is -0.233 e. The third-order valence-corrected chi connectivity index (χ3v) is 7.66. The highest BCUT2D eigenvalue weighted by Crippen LogP contribution is 2.32. The van der Waals surface area contributed by atoms with Gasteiger partial charge in [0, 0.05) is 22.3 Å². The molecule has 0 saturated carbocycles. The second-order valence-electron chi connectivity index (χ2n) is 10.8. The summed E-state index contributed by atoms with van der Waals surface area (Å²) < 4.78 is 0. The molecule has 44 heavy (non-hydrogen) atoms. The first-order valence-electron chi connectivity index (χ1n) is 14.7. The van der Waals surface area contributed by atoms with E-state index >= 15 is 0 Å². The predicted molar refractivity (Wildman–Crippen MR) is 180 cm³/mol. The largest absolute Gasteiger partial charge is 0.233 e. The van der Waals surface area contributed by atoms with Crippen LogP contribution < -0.4 is 0 Å². The number of aromatic nitrogens is 4. The first kappa shape index (κ1) is 27.1. The van der Waals surface area contributed by atoms with Gasteiger partial charge in [-0.2, -0.15) is 0 Å². The van der Waals surface area contributed by atoms with Gasteiger partial charge in [-0.05, 0) is 66.4 Å². The van der Waals surface area contributed by atoms with Crippen molar-refractivity contribution in [3.05, 3.63) is 157 Å². The van der Waals surface area contributed by atoms with Crippen LogP contribution in [0.2, 0.25) is 0 Å². The standard InChI is InChI=1S/C40H30N4/c1-27-41-37(29-12-5-3-6-13-29)25-39(43-27)35-20-10-18-33(23-35)31-16-9-17-32(22-31)34-19-11-21-36(24-34)40-26-38(42-28(2)44-40)30-14-7-4-8-15-30/h3-26H,1-2H3. The Morgan fingerprint density at radius 3 is 0.909 bits per heavy atom. The van der Waals surface area contributed by atoms with Crippen molar-refractivity contribution in [3.63, 3.8) is 0 Å². The molecule has 0 atom stereocenters. The van der Waals surface area contributed by atoms with Crippen LogP contribution in [0.3, 0.4) is 0 Å². The Morgan fingerprint density at radius 1 is 0.273 bits per heavy atom. The van der Waals surface area contributed by atoms with Crippen LogP contribution >= 0.6 is 0 Å². The first-order chi connectivity index (χ1) is 21.6. The Labute approximate surface area is 257 Å². The predicted octanol–water partition coefficient (Wildman–Crippen LogP) is 9.89. The second-order valence-corrected chi connectivity index (χ2v) is 10.8. The molecule has 0 saturated heterocycles. The number of rotatable bonds is 6. The lowest BCUT2D eigenvalue weighted by Gasteiger charge is -2.11. The summed E-state index contributed by atoms with van der Waals surface area (Å²) in [4.78, 5) is 18.9. The Bertz CT molecular complexity index is 1940. The van der Waals surface area contributed by atoms with E-state index in [9.17, 15) is 0 Å². The maximum Gasteiger partial charge on any atom is 0.126 e. The molecule has 0 N–H and O–H groups in total. The Morgan fingerprint density at radius 2 is 0.545 bits per heavy atom. The van der Waals surface area contributed by atoms with Crippen LogP contribution in [0.5, 0.6) is 0 Å². The van der Waals surface area contributed by atoms with Crippen LogP contribution in [-0.2, 0) is 0 Å². The molecule has 2 heterocycles. The second kappa shape index (κ2) is 11.9. The van der Waals surface area contributed by atoms with E-state index < -0.39 is 0 Å². The van der Waals surface area contributed by atoms with E-state index in [-0.39, 0.29) is 0 Å². The maximum absolute atomic E-state index is 4.78. The maximum atomic E-state index is 4.78. The van der Waals surface area contributed by atoms with Crippen molar-refractivity contribution in [2.24, 2.45) is 0 Å². The first-order valence-corrected chi connectivity index (χ1v) is 14.7. The lowest BCUT2D eigenvalue weighted by atomic mass is 9.96. The highest BCUT2D eigenvalue weighted by Gasteiger charge is 2.11. The number of hydrogen-bond acceptors (Lipinski definition) is 4. The highest BCUT2D eigenvalue weighted by atomic mass is 14.9. The van der Waals surface area contributed by atoms with E-state index in [4.69, 9.17) is 19.9 Å². The molecular formula is C40H30N4. The van der Waals surface area contributed by atoms with E-state index in [1.807, 2.05) is 50.2 Å². The fourth-order valence-corrected chi connectivity index (χ4v) is 5.54. The lowest BCUT2D eigenvalue weighted by Crippen LogP contribution is -1.95. The fourth-order valence-electron chi connectivity index (χ4n) is 5.54. The summed E-state index contributed by atoms with van der Waals surface area (Å²) >= 11 is 0. The van der Waals surface area contributed by atoms with Crippen molar-refractivity contribution in [2.75, 3.05) is 0 Å². The number of aryl methyl sites for hydroxylation is 2. The van der Waals surface area contributed by atoms with Crippen molar-refractivity contribution in [1.82, 2.24) is 19.9 Å². The Kier molecular flexibility index (Phi) is 7.31. The SMILES string of the molecule is Cc1nc(-c2ccccc2)cc(-c2cccc(-c3cccc(-c4cccc(-c5cc(-c6ccccc6)nc(C)n5)c4)c3)c2)n1. The monoisotopic (exact) mass is 566 g/mol. The molecule has 0 aliphatic heterocycles. The molecule has 0 aliphatic carbocycles. The molecule has 7 rings (SSSR count). The summed E-state index contributed by atoms with van der Waals surface area (Å²) in [7, 11) is 0. The molecule has 5 aromatic carbocycles. The van der Waals surface area contributed by atoms with Crippen LogP contribution in [0.1, 0.15) is 11.6 Å². The van der Waals surface area contributed by atoms with E-state index in [2.05, 4.69) is 109 Å². The van der Waals surface area contributed by atoms with Crippen LogP contribution in [0, 0.1) is 13.8 Å². The van der Waals surface area contributed by atoms with Gasteiger partial charge < -0.3 is 0 Å². The molecule has 4 nitrogen and oxygen atoms in total. The highest BCUT2D eigenvalue weighted by molar-refractivity contribution is 5.79. The van der Waals surface area contributed by atoms with Gasteiger partial charge in [-0.3, -0.25) is 0 Å². The van der Waals surface area contributed by atoms with Gasteiger partial charge in [0.05, 0.1) is 22.8 Å². The van der Waals surface area contributed by atoms with Crippen LogP contribution in [-0.4, -0.2) is 19.9 Å². The minimum atomic E-state index is 0.753. The van der Waals surface area contributed by atoms with Gasteiger partial charge >= 0.3 is 0 Å². The zero-order valence-electron chi connectivity index (χ0n) is 24.6. The molecule has 0 aliphatic rings. The molecule has 0 bridgehead atoms. The van der Waals surface area contributed by atoms with Gasteiger partial charge in [0.2, 0.25) is 0 Å². The molecular weight excluding hydrogens is 536 g/mol. The van der Waals surface area contributed by atoms with Gasteiger partial charge in [-0.25, -0.2) is 19.9 Å². The summed E-state index contributed by atoms with van der Waals surface area (Å²) in [6.45, 7) is 3.89. The van der Waals surface area contributed by atoms with Gasteiger partial charge in [0.15, 0.2) is 0 Å². The average Bonchev–Trinajstić information content (AvgIpc) is 3.09. The van der Waals surface area contributed by atoms with E-state index in [0.29, 0.717) is 0 Å². The number of nitrogens with zero attached hydrogens (tertiary/aromatic N) is 4. The van der Waals surface area contributed by atoms with Crippen molar-refractivity contribution < 1.29 is 0 Å². The number of benzene rings is 5. The van der Waals surface area contributed by atoms with E-state index in [1.165, 1.54) is 0 Å². The summed E-state index contributed by atoms with van der Waals surface area (Å²) in [5.41, 5.74) is 12.5. The zero-order chi connectivity index (χ0) is 29.9. The topological polar surface area (TPSA) is 51.6 Å². The van der Waals surface area contributed by atoms with Gasteiger partial charge in [0.25, 0.3) is 0 Å². The van der Waals surface area contributed by atoms with Crippen molar-refractivity contribution in [3.8, 4) is 67.3 Å². The molecule has 0 spiro atoms. The summed E-state index contributed by atoms with van der Waals surface area (Å²) in [6, 6.07) is 50.5. The molecule has 0 amide bonds. The zero-order valence-corrected chi connectivity index (χ0v) is 24.6. The Hall–Kier alpha value is -5.74. The average molecular weight is 567 g/mol. The van der Waals surface area contributed by atoms with Crippen LogP contribution in [0.4, 0.5) is 0 Å². The van der Waals surface area contributed by atoms with Gasteiger partial charge in [0.1, 0.15) is 11.6 Å². The van der Waals surface area contributed by atoms with Crippen molar-refractivity contribution in [2.45, 2.75) is 13.8 Å². The molecule has 210 valence electrons. The molecule has 4 heteroatoms. The molecule has 0 radical (unpaired) electrons. The van der Waals surface area contributed by atoms with E-state index in [0.717, 1.165) is 78.9 Å². The summed E-state index contributed by atoms with van der Waals surface area (Å²) in [6.07, 6.45) is 0. The van der Waals surface area contributed by atoms with Gasteiger partial charge in [-0.1, -0.05) is 115 Å². The summed E-state index contributed by atoms with van der Waals surface area (Å²) in [5, 5.41) is 0. The third kappa shape index (κ3) is 5.79. The Balaban J connectivity index is 1.22. The normalized spacial score (nSPS) is 11.0. The van der Waals surface area contributed by atoms with Crippen LogP contribution in [0.25, 0.3) is 67.3 Å². The quantitative estimate of drug-likeness (QED) is 0.201.